The van der Waals surface area contributed by atoms with Gasteiger partial charge in [0, 0.05) is 17.2 Å². The molecule has 4 aromatic rings. The predicted octanol–water partition coefficient (Wildman–Crippen LogP) is 4.04. The summed E-state index contributed by atoms with van der Waals surface area (Å²) in [5.41, 5.74) is 3.05. The molecule has 0 radical (unpaired) electrons. The highest BCUT2D eigenvalue weighted by molar-refractivity contribution is 5.94. The first kappa shape index (κ1) is 21.4. The van der Waals surface area contributed by atoms with E-state index in [4.69, 9.17) is 4.74 Å². The number of amides is 1. The van der Waals surface area contributed by atoms with E-state index in [1.807, 2.05) is 24.3 Å². The summed E-state index contributed by atoms with van der Waals surface area (Å²) in [6.45, 7) is 6.97. The summed E-state index contributed by atoms with van der Waals surface area (Å²) in [6, 6.07) is 17.0. The van der Waals surface area contributed by atoms with Crippen LogP contribution in [0.15, 0.2) is 60.7 Å². The zero-order chi connectivity index (χ0) is 22.7. The number of rotatable bonds is 6. The summed E-state index contributed by atoms with van der Waals surface area (Å²) in [5, 5.41) is 15.5. The lowest BCUT2D eigenvalue weighted by Gasteiger charge is -2.19. The Morgan fingerprint density at radius 2 is 1.72 bits per heavy atom. The third-order valence-corrected chi connectivity index (χ3v) is 4.99. The lowest BCUT2D eigenvalue weighted by Crippen LogP contribution is -2.28. The van der Waals surface area contributed by atoms with Crippen LogP contribution < -0.4 is 10.1 Å². The molecular formula is C24H24FN5O2. The predicted molar refractivity (Wildman–Crippen MR) is 119 cm³/mol. The molecule has 0 aliphatic rings. The third kappa shape index (κ3) is 4.74. The fourth-order valence-corrected chi connectivity index (χ4v) is 3.17. The van der Waals surface area contributed by atoms with Crippen molar-refractivity contribution in [3.8, 4) is 17.3 Å². The topological polar surface area (TPSA) is 81.4 Å². The second-order valence-corrected chi connectivity index (χ2v) is 8.40. The standard InChI is InChI=1S/C24H24FN5O2/c1-24(2,3)18-8-4-17(5-9-18)23(31)26-14-15-32-21-13-12-20-27-28-22(30(20)29-21)16-6-10-19(25)11-7-16/h4-13H,14-15H2,1-3H3,(H,26,31). The quantitative estimate of drug-likeness (QED) is 0.464. The van der Waals surface area contributed by atoms with E-state index < -0.39 is 0 Å². The number of halogens is 1. The average molecular weight is 433 g/mol. The Morgan fingerprint density at radius 1 is 1.00 bits per heavy atom. The molecule has 164 valence electrons. The molecule has 0 spiro atoms. The molecule has 8 heteroatoms. The van der Waals surface area contributed by atoms with Crippen LogP contribution in [0.4, 0.5) is 4.39 Å². The van der Waals surface area contributed by atoms with Crippen LogP contribution in [0.2, 0.25) is 0 Å². The molecule has 2 heterocycles. The lowest BCUT2D eigenvalue weighted by atomic mass is 9.87. The number of carbonyl (C=O) groups is 1. The summed E-state index contributed by atoms with van der Waals surface area (Å²) in [6.07, 6.45) is 0. The lowest BCUT2D eigenvalue weighted by molar-refractivity contribution is 0.0946. The van der Waals surface area contributed by atoms with E-state index >= 15 is 0 Å². The summed E-state index contributed by atoms with van der Waals surface area (Å²) < 4.78 is 20.4. The molecule has 0 unspecified atom stereocenters. The molecule has 0 aliphatic carbocycles. The van der Waals surface area contributed by atoms with Crippen molar-refractivity contribution < 1.29 is 13.9 Å². The second kappa shape index (κ2) is 8.74. The molecule has 0 bridgehead atoms. The molecule has 0 saturated heterocycles. The van der Waals surface area contributed by atoms with Crippen LogP contribution in [0, 0.1) is 5.82 Å². The molecule has 0 fully saturated rings. The van der Waals surface area contributed by atoms with Gasteiger partial charge in [-0.15, -0.1) is 15.3 Å². The molecule has 0 saturated carbocycles. The van der Waals surface area contributed by atoms with Crippen LogP contribution in [-0.4, -0.2) is 38.9 Å². The van der Waals surface area contributed by atoms with E-state index in [1.165, 1.54) is 22.2 Å². The number of fused-ring (bicyclic) bond motifs is 1. The van der Waals surface area contributed by atoms with Crippen molar-refractivity contribution in [3.63, 3.8) is 0 Å². The second-order valence-electron chi connectivity index (χ2n) is 8.40. The van der Waals surface area contributed by atoms with Crippen LogP contribution in [0.3, 0.4) is 0 Å². The molecule has 2 aromatic carbocycles. The van der Waals surface area contributed by atoms with E-state index in [2.05, 4.69) is 41.4 Å². The average Bonchev–Trinajstić information content (AvgIpc) is 3.20. The Hall–Kier alpha value is -3.81. The van der Waals surface area contributed by atoms with Crippen molar-refractivity contribution in [2.45, 2.75) is 26.2 Å². The van der Waals surface area contributed by atoms with Crippen LogP contribution in [-0.2, 0) is 5.41 Å². The minimum atomic E-state index is -0.327. The molecule has 1 N–H and O–H groups in total. The molecular weight excluding hydrogens is 409 g/mol. The van der Waals surface area contributed by atoms with Crippen molar-refractivity contribution >= 4 is 11.6 Å². The summed E-state index contributed by atoms with van der Waals surface area (Å²) >= 11 is 0. The van der Waals surface area contributed by atoms with Crippen molar-refractivity contribution in [1.29, 1.82) is 0 Å². The molecule has 0 atom stereocenters. The first-order chi connectivity index (χ1) is 15.3. The maximum Gasteiger partial charge on any atom is 0.251 e. The van der Waals surface area contributed by atoms with Crippen LogP contribution in [0.1, 0.15) is 36.7 Å². The van der Waals surface area contributed by atoms with E-state index in [-0.39, 0.29) is 23.7 Å². The van der Waals surface area contributed by atoms with Gasteiger partial charge in [-0.25, -0.2) is 4.39 Å². The van der Waals surface area contributed by atoms with Crippen LogP contribution >= 0.6 is 0 Å². The third-order valence-electron chi connectivity index (χ3n) is 4.99. The Bertz CT molecular complexity index is 1230. The largest absolute Gasteiger partial charge is 0.475 e. The SMILES string of the molecule is CC(C)(C)c1ccc(C(=O)NCCOc2ccc3nnc(-c4ccc(F)cc4)n3n2)cc1. The highest BCUT2D eigenvalue weighted by atomic mass is 19.1. The molecule has 4 rings (SSSR count). The molecule has 32 heavy (non-hydrogen) atoms. The van der Waals surface area contributed by atoms with Crippen molar-refractivity contribution in [2.75, 3.05) is 13.2 Å². The summed E-state index contributed by atoms with van der Waals surface area (Å²) in [5.74, 6) is 0.364. The Kier molecular flexibility index (Phi) is 5.85. The zero-order valence-electron chi connectivity index (χ0n) is 18.2. The fraction of sp³-hybridized carbons (Fsp3) is 0.250. The minimum Gasteiger partial charge on any atom is -0.475 e. The van der Waals surface area contributed by atoms with Gasteiger partial charge < -0.3 is 10.1 Å². The molecule has 7 nitrogen and oxygen atoms in total. The van der Waals surface area contributed by atoms with Crippen molar-refractivity contribution in [3.05, 3.63) is 77.6 Å². The molecule has 0 aliphatic heterocycles. The number of aromatic nitrogens is 4. The number of nitrogens with zero attached hydrogens (tertiary/aromatic N) is 4. The number of carbonyl (C=O) groups excluding carboxylic acids is 1. The summed E-state index contributed by atoms with van der Waals surface area (Å²) in [4.78, 5) is 12.4. The molecule has 1 amide bonds. The highest BCUT2D eigenvalue weighted by Gasteiger charge is 2.14. The Balaban J connectivity index is 1.36. The number of nitrogens with one attached hydrogen (secondary N) is 1. The van der Waals surface area contributed by atoms with Gasteiger partial charge in [0.1, 0.15) is 12.4 Å². The van der Waals surface area contributed by atoms with Crippen molar-refractivity contribution in [2.24, 2.45) is 0 Å². The zero-order valence-corrected chi connectivity index (χ0v) is 18.2. The number of benzene rings is 2. The van der Waals surface area contributed by atoms with Gasteiger partial charge in [0.05, 0.1) is 6.54 Å². The van der Waals surface area contributed by atoms with Crippen LogP contribution in [0.5, 0.6) is 5.88 Å². The fourth-order valence-electron chi connectivity index (χ4n) is 3.17. The first-order valence-corrected chi connectivity index (χ1v) is 10.3. The van der Waals surface area contributed by atoms with E-state index in [0.29, 0.717) is 35.0 Å². The monoisotopic (exact) mass is 433 g/mol. The number of ether oxygens (including phenoxy) is 1. The first-order valence-electron chi connectivity index (χ1n) is 10.3. The Labute approximate surface area is 185 Å². The van der Waals surface area contributed by atoms with Gasteiger partial charge in [-0.3, -0.25) is 4.79 Å². The van der Waals surface area contributed by atoms with Crippen LogP contribution in [0.25, 0.3) is 17.0 Å². The maximum absolute atomic E-state index is 13.2. The molecule has 2 aromatic heterocycles. The van der Waals surface area contributed by atoms with Crippen molar-refractivity contribution in [1.82, 2.24) is 25.1 Å². The Morgan fingerprint density at radius 3 is 2.41 bits per heavy atom. The highest BCUT2D eigenvalue weighted by Crippen LogP contribution is 2.22. The number of hydrogen-bond acceptors (Lipinski definition) is 5. The van der Waals surface area contributed by atoms with Gasteiger partial charge in [0.2, 0.25) is 5.88 Å². The van der Waals surface area contributed by atoms with Gasteiger partial charge in [0.25, 0.3) is 5.91 Å². The van der Waals surface area contributed by atoms with Gasteiger partial charge >= 0.3 is 0 Å². The van der Waals surface area contributed by atoms with Gasteiger partial charge in [-0.05, 0) is 53.4 Å². The van der Waals surface area contributed by atoms with Gasteiger partial charge in [0.15, 0.2) is 11.5 Å². The minimum absolute atomic E-state index is 0.0400. The normalized spacial score (nSPS) is 11.5. The smallest absolute Gasteiger partial charge is 0.251 e. The van der Waals surface area contributed by atoms with E-state index in [9.17, 15) is 9.18 Å². The number of hydrogen-bond donors (Lipinski definition) is 1. The summed E-state index contributed by atoms with van der Waals surface area (Å²) in [7, 11) is 0. The van der Waals surface area contributed by atoms with E-state index in [1.54, 1.807) is 24.3 Å². The van der Waals surface area contributed by atoms with Gasteiger partial charge in [-0.2, -0.15) is 4.52 Å². The maximum atomic E-state index is 13.2. The van der Waals surface area contributed by atoms with E-state index in [0.717, 1.165) is 0 Å². The van der Waals surface area contributed by atoms with Gasteiger partial charge in [-0.1, -0.05) is 32.9 Å².